The average molecular weight is 353 g/mol. The number of hydrogen-bond acceptors (Lipinski definition) is 4. The monoisotopic (exact) mass is 353 g/mol. The van der Waals surface area contributed by atoms with Crippen molar-refractivity contribution in [3.05, 3.63) is 59.4 Å². The van der Waals surface area contributed by atoms with Crippen LogP contribution in [-0.4, -0.2) is 26.7 Å². The lowest BCUT2D eigenvalue weighted by molar-refractivity contribution is -0.144. The van der Waals surface area contributed by atoms with Crippen molar-refractivity contribution in [2.24, 2.45) is 7.05 Å². The van der Waals surface area contributed by atoms with Crippen LogP contribution in [0.15, 0.2) is 42.5 Å². The highest BCUT2D eigenvalue weighted by atomic mass is 16.5. The molecule has 0 saturated heterocycles. The molecule has 2 N–H and O–H groups in total. The first kappa shape index (κ1) is 17.9. The summed E-state index contributed by atoms with van der Waals surface area (Å²) in [5.74, 6) is 0.583. The number of aliphatic carboxylic acids is 1. The van der Waals surface area contributed by atoms with E-state index in [4.69, 9.17) is 9.84 Å². The van der Waals surface area contributed by atoms with Crippen LogP contribution in [0, 0.1) is 6.92 Å². The molecule has 0 aliphatic heterocycles. The zero-order valence-electron chi connectivity index (χ0n) is 15.2. The van der Waals surface area contributed by atoms with Crippen molar-refractivity contribution in [1.82, 2.24) is 14.9 Å². The van der Waals surface area contributed by atoms with E-state index in [0.717, 1.165) is 29.0 Å². The van der Waals surface area contributed by atoms with Gasteiger partial charge in [-0.1, -0.05) is 18.2 Å². The van der Waals surface area contributed by atoms with Crippen LogP contribution in [0.2, 0.25) is 0 Å². The summed E-state index contributed by atoms with van der Waals surface area (Å²) in [7, 11) is 2.02. The number of imidazole rings is 1. The van der Waals surface area contributed by atoms with Crippen molar-refractivity contribution in [2.45, 2.75) is 33.0 Å². The zero-order chi connectivity index (χ0) is 18.7. The lowest BCUT2D eigenvalue weighted by Crippen LogP contribution is -2.22. The predicted octanol–water partition coefficient (Wildman–Crippen LogP) is 3.02. The van der Waals surface area contributed by atoms with Gasteiger partial charge in [-0.05, 0) is 49.2 Å². The Kier molecular flexibility index (Phi) is 5.23. The van der Waals surface area contributed by atoms with Crippen LogP contribution in [0.25, 0.3) is 11.0 Å². The van der Waals surface area contributed by atoms with Gasteiger partial charge in [0.1, 0.15) is 11.6 Å². The molecule has 3 rings (SSSR count). The molecule has 0 aliphatic rings. The molecule has 0 amide bonds. The maximum absolute atomic E-state index is 10.8. The number of ether oxygens (including phenoxy) is 1. The molecule has 0 fully saturated rings. The minimum atomic E-state index is -0.976. The Morgan fingerprint density at radius 1 is 1.19 bits per heavy atom. The second kappa shape index (κ2) is 7.58. The third-order valence-electron chi connectivity index (χ3n) is 4.41. The smallest absolute Gasteiger partial charge is 0.344 e. The van der Waals surface area contributed by atoms with Gasteiger partial charge in [-0.3, -0.25) is 0 Å². The van der Waals surface area contributed by atoms with Crippen molar-refractivity contribution in [1.29, 1.82) is 0 Å². The number of carbonyl (C=O) groups is 1. The fourth-order valence-electron chi connectivity index (χ4n) is 2.77. The molecule has 0 saturated carbocycles. The van der Waals surface area contributed by atoms with E-state index in [1.807, 2.05) is 26.1 Å². The minimum absolute atomic E-state index is 0.555. The first-order valence-electron chi connectivity index (χ1n) is 8.55. The standard InChI is InChI=1S/C20H23N3O3/c1-13(20(24)25)26-17-7-4-15(5-8-17)11-21-12-16-6-9-19-18(10-16)22-14(2)23(19)3/h4-10,13,21H,11-12H2,1-3H3,(H,24,25). The van der Waals surface area contributed by atoms with Gasteiger partial charge in [0.2, 0.25) is 0 Å². The van der Waals surface area contributed by atoms with Crippen LogP contribution >= 0.6 is 0 Å². The molecule has 6 heteroatoms. The first-order valence-corrected chi connectivity index (χ1v) is 8.55. The van der Waals surface area contributed by atoms with Crippen molar-refractivity contribution >= 4 is 17.0 Å². The van der Waals surface area contributed by atoms with Crippen LogP contribution in [0.4, 0.5) is 0 Å². The van der Waals surface area contributed by atoms with Gasteiger partial charge in [0, 0.05) is 20.1 Å². The molecule has 1 heterocycles. The Morgan fingerprint density at radius 3 is 2.54 bits per heavy atom. The van der Waals surface area contributed by atoms with Gasteiger partial charge in [0.15, 0.2) is 6.10 Å². The molecule has 136 valence electrons. The Labute approximate surface area is 152 Å². The minimum Gasteiger partial charge on any atom is -0.479 e. The summed E-state index contributed by atoms with van der Waals surface area (Å²) in [5.41, 5.74) is 4.44. The number of carboxylic acids is 1. The Hall–Kier alpha value is -2.86. The van der Waals surface area contributed by atoms with Gasteiger partial charge in [-0.2, -0.15) is 0 Å². The normalized spacial score (nSPS) is 12.3. The quantitative estimate of drug-likeness (QED) is 0.683. The zero-order valence-corrected chi connectivity index (χ0v) is 15.2. The van der Waals surface area contributed by atoms with E-state index in [0.29, 0.717) is 12.3 Å². The van der Waals surface area contributed by atoms with E-state index in [2.05, 4.69) is 33.1 Å². The molecular weight excluding hydrogens is 330 g/mol. The lowest BCUT2D eigenvalue weighted by Gasteiger charge is -2.11. The second-order valence-corrected chi connectivity index (χ2v) is 6.39. The SMILES string of the molecule is Cc1nc2cc(CNCc3ccc(OC(C)C(=O)O)cc3)ccc2n1C. The summed E-state index contributed by atoms with van der Waals surface area (Å²) in [6.45, 7) is 4.98. The highest BCUT2D eigenvalue weighted by molar-refractivity contribution is 5.76. The fourth-order valence-corrected chi connectivity index (χ4v) is 2.77. The van der Waals surface area contributed by atoms with E-state index < -0.39 is 12.1 Å². The summed E-state index contributed by atoms with van der Waals surface area (Å²) >= 11 is 0. The predicted molar refractivity (Wildman–Crippen MR) is 100 cm³/mol. The molecule has 0 radical (unpaired) electrons. The third kappa shape index (κ3) is 4.03. The number of rotatable bonds is 7. The second-order valence-electron chi connectivity index (χ2n) is 6.39. The Balaban J connectivity index is 1.55. The van der Waals surface area contributed by atoms with Gasteiger partial charge in [0.05, 0.1) is 11.0 Å². The van der Waals surface area contributed by atoms with Gasteiger partial charge < -0.3 is 19.7 Å². The summed E-state index contributed by atoms with van der Waals surface area (Å²) in [6.07, 6.45) is -0.857. The number of aromatic nitrogens is 2. The highest BCUT2D eigenvalue weighted by Crippen LogP contribution is 2.17. The molecular formula is C20H23N3O3. The van der Waals surface area contributed by atoms with Crippen LogP contribution in [-0.2, 0) is 24.9 Å². The van der Waals surface area contributed by atoms with E-state index in [1.165, 1.54) is 12.5 Å². The third-order valence-corrected chi connectivity index (χ3v) is 4.41. The van der Waals surface area contributed by atoms with Gasteiger partial charge in [0.25, 0.3) is 0 Å². The summed E-state index contributed by atoms with van der Waals surface area (Å²) < 4.78 is 7.41. The van der Waals surface area contributed by atoms with Crippen LogP contribution in [0.1, 0.15) is 23.9 Å². The molecule has 1 aromatic heterocycles. The van der Waals surface area contributed by atoms with E-state index >= 15 is 0 Å². The molecule has 0 bridgehead atoms. The number of benzene rings is 2. The molecule has 0 aliphatic carbocycles. The molecule has 3 aromatic rings. The summed E-state index contributed by atoms with van der Waals surface area (Å²) in [6, 6.07) is 13.8. The largest absolute Gasteiger partial charge is 0.479 e. The number of nitrogens with one attached hydrogen (secondary N) is 1. The van der Waals surface area contributed by atoms with E-state index in [1.54, 1.807) is 12.1 Å². The molecule has 1 unspecified atom stereocenters. The molecule has 0 spiro atoms. The van der Waals surface area contributed by atoms with Gasteiger partial charge in [-0.25, -0.2) is 9.78 Å². The van der Waals surface area contributed by atoms with Crippen molar-refractivity contribution < 1.29 is 14.6 Å². The average Bonchev–Trinajstić information content (AvgIpc) is 2.90. The van der Waals surface area contributed by atoms with Gasteiger partial charge >= 0.3 is 5.97 Å². The number of aryl methyl sites for hydroxylation is 2. The maximum Gasteiger partial charge on any atom is 0.344 e. The highest BCUT2D eigenvalue weighted by Gasteiger charge is 2.12. The number of carboxylic acid groups (broad SMARTS) is 1. The molecule has 2 aromatic carbocycles. The summed E-state index contributed by atoms with van der Waals surface area (Å²) in [5, 5.41) is 12.3. The Bertz CT molecular complexity index is 916. The summed E-state index contributed by atoms with van der Waals surface area (Å²) in [4.78, 5) is 15.4. The lowest BCUT2D eigenvalue weighted by atomic mass is 10.2. The van der Waals surface area contributed by atoms with Crippen LogP contribution in [0.3, 0.4) is 0 Å². The topological polar surface area (TPSA) is 76.4 Å². The van der Waals surface area contributed by atoms with Crippen LogP contribution in [0.5, 0.6) is 5.75 Å². The van der Waals surface area contributed by atoms with Crippen molar-refractivity contribution in [3.63, 3.8) is 0 Å². The first-order chi connectivity index (χ1) is 12.4. The van der Waals surface area contributed by atoms with E-state index in [-0.39, 0.29) is 0 Å². The molecule has 26 heavy (non-hydrogen) atoms. The van der Waals surface area contributed by atoms with Crippen molar-refractivity contribution in [3.8, 4) is 5.75 Å². The van der Waals surface area contributed by atoms with Gasteiger partial charge in [-0.15, -0.1) is 0 Å². The Morgan fingerprint density at radius 2 is 1.85 bits per heavy atom. The van der Waals surface area contributed by atoms with Crippen molar-refractivity contribution in [2.75, 3.05) is 0 Å². The number of fused-ring (bicyclic) bond motifs is 1. The molecule has 1 atom stereocenters. The van der Waals surface area contributed by atoms with Crippen LogP contribution < -0.4 is 10.1 Å². The fraction of sp³-hybridized carbons (Fsp3) is 0.300. The molecule has 6 nitrogen and oxygen atoms in total. The number of nitrogens with zero attached hydrogens (tertiary/aromatic N) is 2. The van der Waals surface area contributed by atoms with E-state index in [9.17, 15) is 4.79 Å². The number of hydrogen-bond donors (Lipinski definition) is 2. The maximum atomic E-state index is 10.8.